The highest BCUT2D eigenvalue weighted by Crippen LogP contribution is 2.12. The van der Waals surface area contributed by atoms with Crippen molar-refractivity contribution in [3.8, 4) is 5.69 Å². The van der Waals surface area contributed by atoms with Crippen molar-refractivity contribution >= 4 is 5.91 Å². The van der Waals surface area contributed by atoms with Crippen molar-refractivity contribution in [2.45, 2.75) is 13.3 Å². The predicted molar refractivity (Wildman–Crippen MR) is 86.2 cm³/mol. The molecule has 1 aromatic carbocycles. The van der Waals surface area contributed by atoms with E-state index in [2.05, 4.69) is 21.8 Å². The minimum Gasteiger partial charge on any atom is -0.347 e. The van der Waals surface area contributed by atoms with Gasteiger partial charge in [0.15, 0.2) is 5.69 Å². The van der Waals surface area contributed by atoms with E-state index in [4.69, 9.17) is 0 Å². The van der Waals surface area contributed by atoms with Gasteiger partial charge in [-0.2, -0.15) is 5.10 Å². The van der Waals surface area contributed by atoms with Crippen LogP contribution in [-0.2, 0) is 0 Å². The van der Waals surface area contributed by atoms with E-state index in [-0.39, 0.29) is 5.91 Å². The summed E-state index contributed by atoms with van der Waals surface area (Å²) in [6.07, 6.45) is 3.12. The van der Waals surface area contributed by atoms with Crippen LogP contribution in [0.2, 0.25) is 0 Å². The van der Waals surface area contributed by atoms with Crippen LogP contribution in [0.1, 0.15) is 22.6 Å². The van der Waals surface area contributed by atoms with Gasteiger partial charge in [0.2, 0.25) is 0 Å². The molecule has 0 unspecified atom stereocenters. The number of carbonyl (C=O) groups excluding carboxylic acids is 1. The lowest BCUT2D eigenvalue weighted by molar-refractivity contribution is 0.0951. The van der Waals surface area contributed by atoms with Crippen molar-refractivity contribution in [1.82, 2.24) is 20.4 Å². The van der Waals surface area contributed by atoms with Crippen LogP contribution in [0.4, 0.5) is 0 Å². The Morgan fingerprint density at radius 3 is 2.91 bits per heavy atom. The predicted octanol–water partition coefficient (Wildman–Crippen LogP) is 1.83. The van der Waals surface area contributed by atoms with Gasteiger partial charge in [-0.15, -0.1) is 0 Å². The van der Waals surface area contributed by atoms with E-state index in [0.29, 0.717) is 12.2 Å². The van der Waals surface area contributed by atoms with Crippen LogP contribution < -0.4 is 10.6 Å². The smallest absolute Gasteiger partial charge is 0.272 e. The monoisotopic (exact) mass is 296 g/mol. The second-order valence-corrected chi connectivity index (χ2v) is 5.42. The maximum absolute atomic E-state index is 12.3. The Balaban J connectivity index is 1.70. The van der Waals surface area contributed by atoms with Crippen LogP contribution in [-0.4, -0.2) is 35.3 Å². The molecule has 0 fully saturated rings. The first-order valence-corrected chi connectivity index (χ1v) is 7.53. The van der Waals surface area contributed by atoms with E-state index >= 15 is 0 Å². The standard InChI is InChI=1S/C17H20N4O/c1-13-11-16(20-21(13)15-5-3-2-4-6-15)17(22)19-12-14-7-9-18-10-8-14/h2-7,11,18H,8-10,12H2,1H3,(H,19,22). The molecule has 2 heterocycles. The summed E-state index contributed by atoms with van der Waals surface area (Å²) in [5, 5.41) is 10.6. The number of aryl methyl sites for hydroxylation is 1. The first kappa shape index (κ1) is 14.5. The largest absolute Gasteiger partial charge is 0.347 e. The van der Waals surface area contributed by atoms with E-state index in [1.807, 2.05) is 43.3 Å². The molecule has 5 heteroatoms. The Kier molecular flexibility index (Phi) is 4.34. The fraction of sp³-hybridized carbons (Fsp3) is 0.294. The van der Waals surface area contributed by atoms with Crippen LogP contribution in [0.5, 0.6) is 0 Å². The van der Waals surface area contributed by atoms with E-state index in [1.165, 1.54) is 5.57 Å². The van der Waals surface area contributed by atoms with Crippen molar-refractivity contribution in [3.05, 3.63) is 59.4 Å². The SMILES string of the molecule is Cc1cc(C(=O)NCC2=CCNCC2)nn1-c1ccccc1. The summed E-state index contributed by atoms with van der Waals surface area (Å²) in [6.45, 7) is 4.40. The number of para-hydroxylation sites is 1. The van der Waals surface area contributed by atoms with Crippen molar-refractivity contribution in [2.24, 2.45) is 0 Å². The lowest BCUT2D eigenvalue weighted by atomic mass is 10.1. The second kappa shape index (κ2) is 6.58. The van der Waals surface area contributed by atoms with Crippen LogP contribution >= 0.6 is 0 Å². The highest BCUT2D eigenvalue weighted by molar-refractivity contribution is 5.92. The summed E-state index contributed by atoms with van der Waals surface area (Å²) in [5.41, 5.74) is 3.62. The van der Waals surface area contributed by atoms with Crippen LogP contribution in [0.25, 0.3) is 5.69 Å². The highest BCUT2D eigenvalue weighted by Gasteiger charge is 2.13. The Bertz CT molecular complexity index is 688. The number of rotatable bonds is 4. The Morgan fingerprint density at radius 2 is 2.18 bits per heavy atom. The van der Waals surface area contributed by atoms with Gasteiger partial charge in [0.05, 0.1) is 5.69 Å². The van der Waals surface area contributed by atoms with Crippen molar-refractivity contribution in [1.29, 1.82) is 0 Å². The molecule has 1 aromatic heterocycles. The van der Waals surface area contributed by atoms with Gasteiger partial charge in [-0.1, -0.05) is 29.8 Å². The highest BCUT2D eigenvalue weighted by atomic mass is 16.1. The summed E-state index contributed by atoms with van der Waals surface area (Å²) in [7, 11) is 0. The van der Waals surface area contributed by atoms with E-state index < -0.39 is 0 Å². The third kappa shape index (κ3) is 3.26. The first-order valence-electron chi connectivity index (χ1n) is 7.53. The Hall–Kier alpha value is -2.40. The molecule has 0 aliphatic carbocycles. The molecule has 0 saturated heterocycles. The fourth-order valence-corrected chi connectivity index (χ4v) is 2.53. The fourth-order valence-electron chi connectivity index (χ4n) is 2.53. The topological polar surface area (TPSA) is 59.0 Å². The molecule has 0 spiro atoms. The number of aromatic nitrogens is 2. The lowest BCUT2D eigenvalue weighted by Gasteiger charge is -2.14. The molecule has 0 atom stereocenters. The molecule has 3 rings (SSSR count). The summed E-state index contributed by atoms with van der Waals surface area (Å²) in [6, 6.07) is 11.6. The lowest BCUT2D eigenvalue weighted by Crippen LogP contribution is -2.29. The maximum Gasteiger partial charge on any atom is 0.272 e. The van der Waals surface area contributed by atoms with Gasteiger partial charge in [0.25, 0.3) is 5.91 Å². The van der Waals surface area contributed by atoms with Gasteiger partial charge in [0.1, 0.15) is 0 Å². The zero-order valence-corrected chi connectivity index (χ0v) is 12.7. The summed E-state index contributed by atoms with van der Waals surface area (Å²) < 4.78 is 1.79. The molecular weight excluding hydrogens is 276 g/mol. The molecule has 0 saturated carbocycles. The van der Waals surface area contributed by atoms with Gasteiger partial charge in [-0.3, -0.25) is 4.79 Å². The summed E-state index contributed by atoms with van der Waals surface area (Å²) >= 11 is 0. The normalized spacial score (nSPS) is 14.5. The number of benzene rings is 1. The van der Waals surface area contributed by atoms with Crippen molar-refractivity contribution < 1.29 is 4.79 Å². The average molecular weight is 296 g/mol. The second-order valence-electron chi connectivity index (χ2n) is 5.42. The number of carbonyl (C=O) groups is 1. The molecule has 5 nitrogen and oxygen atoms in total. The minimum atomic E-state index is -0.128. The molecule has 2 aromatic rings. The Morgan fingerprint density at radius 1 is 1.36 bits per heavy atom. The Labute approximate surface area is 130 Å². The van der Waals surface area contributed by atoms with Gasteiger partial charge in [-0.25, -0.2) is 4.68 Å². The molecule has 1 amide bonds. The van der Waals surface area contributed by atoms with E-state index in [0.717, 1.165) is 30.9 Å². The van der Waals surface area contributed by atoms with E-state index in [1.54, 1.807) is 4.68 Å². The molecular formula is C17H20N4O. The number of nitrogens with zero attached hydrogens (tertiary/aromatic N) is 2. The van der Waals surface area contributed by atoms with Gasteiger partial charge >= 0.3 is 0 Å². The summed E-state index contributed by atoms with van der Waals surface area (Å²) in [4.78, 5) is 12.3. The minimum absolute atomic E-state index is 0.128. The zero-order valence-electron chi connectivity index (χ0n) is 12.7. The van der Waals surface area contributed by atoms with E-state index in [9.17, 15) is 4.79 Å². The molecule has 1 aliphatic rings. The first-order chi connectivity index (χ1) is 10.7. The number of nitrogens with one attached hydrogen (secondary N) is 2. The molecule has 2 N–H and O–H groups in total. The van der Waals surface area contributed by atoms with Gasteiger partial charge in [0, 0.05) is 18.8 Å². The number of hydrogen-bond donors (Lipinski definition) is 2. The quantitative estimate of drug-likeness (QED) is 0.846. The van der Waals surface area contributed by atoms with Crippen LogP contribution in [0, 0.1) is 6.92 Å². The molecule has 0 bridgehead atoms. The molecule has 0 radical (unpaired) electrons. The third-order valence-corrected chi connectivity index (χ3v) is 3.75. The maximum atomic E-state index is 12.3. The van der Waals surface area contributed by atoms with Gasteiger partial charge in [-0.05, 0) is 38.1 Å². The van der Waals surface area contributed by atoms with Gasteiger partial charge < -0.3 is 10.6 Å². The molecule has 22 heavy (non-hydrogen) atoms. The van der Waals surface area contributed by atoms with Crippen molar-refractivity contribution in [2.75, 3.05) is 19.6 Å². The van der Waals surface area contributed by atoms with Crippen molar-refractivity contribution in [3.63, 3.8) is 0 Å². The third-order valence-electron chi connectivity index (χ3n) is 3.75. The molecule has 1 aliphatic heterocycles. The van der Waals surface area contributed by atoms with Crippen LogP contribution in [0.3, 0.4) is 0 Å². The van der Waals surface area contributed by atoms with Crippen LogP contribution in [0.15, 0.2) is 48.0 Å². The zero-order chi connectivity index (χ0) is 15.4. The average Bonchev–Trinajstić information content (AvgIpc) is 2.96. The number of hydrogen-bond acceptors (Lipinski definition) is 3. The number of amides is 1. The summed E-state index contributed by atoms with van der Waals surface area (Å²) in [5.74, 6) is -0.128. The molecule has 114 valence electrons.